The van der Waals surface area contributed by atoms with Gasteiger partial charge in [-0.2, -0.15) is 0 Å². The lowest BCUT2D eigenvalue weighted by Gasteiger charge is -2.35. The van der Waals surface area contributed by atoms with Crippen molar-refractivity contribution in [3.8, 4) is 0 Å². The third-order valence-electron chi connectivity index (χ3n) is 6.85. The second-order valence-corrected chi connectivity index (χ2v) is 9.54. The molecule has 1 aromatic heterocycles. The van der Waals surface area contributed by atoms with Gasteiger partial charge in [-0.15, -0.1) is 11.3 Å². The van der Waals surface area contributed by atoms with Gasteiger partial charge in [-0.3, -0.25) is 0 Å². The summed E-state index contributed by atoms with van der Waals surface area (Å²) in [6.45, 7) is 3.00. The molecule has 3 nitrogen and oxygen atoms in total. The summed E-state index contributed by atoms with van der Waals surface area (Å²) in [7, 11) is 0. The first-order valence-corrected chi connectivity index (χ1v) is 12.2. The van der Waals surface area contributed by atoms with E-state index in [0.29, 0.717) is 0 Å². The summed E-state index contributed by atoms with van der Waals surface area (Å²) in [4.78, 5) is 4.05. The minimum Gasteiger partial charge on any atom is -0.373 e. The van der Waals surface area contributed by atoms with Gasteiger partial charge in [0.05, 0.1) is 22.7 Å². The summed E-state index contributed by atoms with van der Waals surface area (Å²) < 4.78 is 6.19. The van der Waals surface area contributed by atoms with Crippen LogP contribution >= 0.6 is 11.3 Å². The Kier molecular flexibility index (Phi) is 4.87. The van der Waals surface area contributed by atoms with Crippen molar-refractivity contribution < 1.29 is 4.74 Å². The Balaban J connectivity index is 1.51. The van der Waals surface area contributed by atoms with Crippen LogP contribution in [0.25, 0.3) is 0 Å². The number of nitrogens with zero attached hydrogens (tertiary/aromatic N) is 1. The van der Waals surface area contributed by atoms with Gasteiger partial charge < -0.3 is 15.0 Å². The maximum Gasteiger partial charge on any atom is 0.0854 e. The number of aryl methyl sites for hydroxylation is 1. The Labute approximate surface area is 182 Å². The zero-order valence-electron chi connectivity index (χ0n) is 17.3. The highest BCUT2D eigenvalue weighted by atomic mass is 32.1. The lowest BCUT2D eigenvalue weighted by molar-refractivity contribution is 0.112. The van der Waals surface area contributed by atoms with E-state index in [0.717, 1.165) is 39.0 Å². The van der Waals surface area contributed by atoms with Crippen molar-refractivity contribution in [3.63, 3.8) is 0 Å². The summed E-state index contributed by atoms with van der Waals surface area (Å²) in [5, 5.41) is 6.23. The van der Waals surface area contributed by atoms with Gasteiger partial charge in [0.15, 0.2) is 0 Å². The summed E-state index contributed by atoms with van der Waals surface area (Å²) in [6.07, 6.45) is 6.01. The van der Waals surface area contributed by atoms with Crippen LogP contribution in [0, 0.1) is 0 Å². The molecule has 3 aromatic rings. The van der Waals surface area contributed by atoms with Gasteiger partial charge >= 0.3 is 0 Å². The predicted octanol–water partition coefficient (Wildman–Crippen LogP) is 5.92. The average molecular weight is 417 g/mol. The average Bonchev–Trinajstić information content (AvgIpc) is 3.48. The molecule has 1 saturated heterocycles. The Morgan fingerprint density at radius 1 is 0.933 bits per heavy atom. The highest BCUT2D eigenvalue weighted by Crippen LogP contribution is 2.49. The summed E-state index contributed by atoms with van der Waals surface area (Å²) in [6, 6.07) is 18.2. The molecule has 4 heteroatoms. The van der Waals surface area contributed by atoms with Crippen LogP contribution < -0.4 is 10.2 Å². The van der Waals surface area contributed by atoms with Crippen molar-refractivity contribution >= 4 is 22.7 Å². The third kappa shape index (κ3) is 3.09. The first-order valence-electron chi connectivity index (χ1n) is 11.3. The van der Waals surface area contributed by atoms with Crippen LogP contribution in [0.15, 0.2) is 53.9 Å². The molecule has 3 aliphatic heterocycles. The normalized spacial score (nSPS) is 23.3. The van der Waals surface area contributed by atoms with E-state index in [2.05, 4.69) is 64.1 Å². The van der Waals surface area contributed by atoms with Crippen LogP contribution in [0.5, 0.6) is 0 Å². The highest BCUT2D eigenvalue weighted by Gasteiger charge is 2.33. The maximum absolute atomic E-state index is 6.19. The van der Waals surface area contributed by atoms with E-state index < -0.39 is 0 Å². The number of hydrogen-bond donors (Lipinski definition) is 1. The first-order chi connectivity index (χ1) is 14.9. The van der Waals surface area contributed by atoms with Crippen molar-refractivity contribution in [2.45, 2.75) is 44.2 Å². The zero-order chi connectivity index (χ0) is 19.9. The van der Waals surface area contributed by atoms with E-state index in [9.17, 15) is 0 Å². The van der Waals surface area contributed by atoms with E-state index in [1.54, 1.807) is 0 Å². The van der Waals surface area contributed by atoms with Gasteiger partial charge in [-0.1, -0.05) is 42.5 Å². The van der Waals surface area contributed by atoms with E-state index >= 15 is 0 Å². The van der Waals surface area contributed by atoms with E-state index in [4.69, 9.17) is 4.74 Å². The lowest BCUT2D eigenvalue weighted by atomic mass is 9.91. The topological polar surface area (TPSA) is 24.5 Å². The SMILES string of the molecule is c1ccc2c(c1)CCNC2c1scc(C2CCCO2)c1N1CCCc2ccccc21. The van der Waals surface area contributed by atoms with Crippen molar-refractivity contribution in [1.82, 2.24) is 5.32 Å². The Hall–Kier alpha value is -2.14. The zero-order valence-corrected chi connectivity index (χ0v) is 18.1. The van der Waals surface area contributed by atoms with Crippen LogP contribution in [0.2, 0.25) is 0 Å². The van der Waals surface area contributed by atoms with Crippen LogP contribution in [0.4, 0.5) is 11.4 Å². The molecule has 154 valence electrons. The second kappa shape index (κ2) is 7.84. The number of para-hydroxylation sites is 1. The van der Waals surface area contributed by atoms with E-state index in [1.165, 1.54) is 51.3 Å². The lowest BCUT2D eigenvalue weighted by Crippen LogP contribution is -2.32. The van der Waals surface area contributed by atoms with Crippen molar-refractivity contribution in [2.24, 2.45) is 0 Å². The Morgan fingerprint density at radius 2 is 1.80 bits per heavy atom. The number of anilines is 2. The van der Waals surface area contributed by atoms with Crippen LogP contribution in [0.3, 0.4) is 0 Å². The van der Waals surface area contributed by atoms with Crippen LogP contribution in [-0.2, 0) is 17.6 Å². The molecule has 1 N–H and O–H groups in total. The van der Waals surface area contributed by atoms with E-state index in [1.807, 2.05) is 11.3 Å². The molecule has 0 bridgehead atoms. The molecular weight excluding hydrogens is 388 g/mol. The minimum absolute atomic E-state index is 0.234. The largest absolute Gasteiger partial charge is 0.373 e. The van der Waals surface area contributed by atoms with Crippen molar-refractivity contribution in [1.29, 1.82) is 0 Å². The predicted molar refractivity (Wildman–Crippen MR) is 124 cm³/mol. The van der Waals surface area contributed by atoms with Gasteiger partial charge in [0, 0.05) is 30.9 Å². The number of nitrogens with one attached hydrogen (secondary N) is 1. The molecule has 4 heterocycles. The standard InChI is InChI=1S/C26H28N2OS/c1-3-10-20-18(7-1)13-14-27-24(20)26-25(21(17-30-26)23-12-6-16-29-23)28-15-5-9-19-8-2-4-11-22(19)28/h1-4,7-8,10-11,17,23-24,27H,5-6,9,12-16H2. The molecule has 6 rings (SSSR count). The van der Waals surface area contributed by atoms with Gasteiger partial charge in [0.1, 0.15) is 0 Å². The molecule has 0 saturated carbocycles. The third-order valence-corrected chi connectivity index (χ3v) is 7.90. The highest BCUT2D eigenvalue weighted by molar-refractivity contribution is 7.10. The fourth-order valence-electron chi connectivity index (χ4n) is 5.43. The van der Waals surface area contributed by atoms with Crippen molar-refractivity contribution in [2.75, 3.05) is 24.6 Å². The Bertz CT molecular complexity index is 1050. The molecule has 0 radical (unpaired) electrons. The smallest absolute Gasteiger partial charge is 0.0854 e. The van der Waals surface area contributed by atoms with Crippen molar-refractivity contribution in [3.05, 3.63) is 81.0 Å². The number of fused-ring (bicyclic) bond motifs is 2. The number of benzene rings is 2. The van der Waals surface area contributed by atoms with E-state index in [-0.39, 0.29) is 12.1 Å². The molecule has 2 unspecified atom stereocenters. The number of rotatable bonds is 3. The number of ether oxygens (including phenoxy) is 1. The molecule has 0 spiro atoms. The molecule has 0 aliphatic carbocycles. The second-order valence-electron chi connectivity index (χ2n) is 8.63. The molecule has 3 aliphatic rings. The fraction of sp³-hybridized carbons (Fsp3) is 0.385. The summed E-state index contributed by atoms with van der Waals surface area (Å²) in [5.74, 6) is 0. The molecule has 30 heavy (non-hydrogen) atoms. The van der Waals surface area contributed by atoms with Gasteiger partial charge in [-0.25, -0.2) is 0 Å². The number of thiophene rings is 1. The fourth-order valence-corrected chi connectivity index (χ4v) is 6.63. The van der Waals surface area contributed by atoms with Crippen LogP contribution in [-0.4, -0.2) is 19.7 Å². The van der Waals surface area contributed by atoms with Gasteiger partial charge in [0.2, 0.25) is 0 Å². The molecule has 2 aromatic carbocycles. The Morgan fingerprint density at radius 3 is 2.70 bits per heavy atom. The van der Waals surface area contributed by atoms with Gasteiger partial charge in [-0.05, 0) is 60.2 Å². The number of hydrogen-bond acceptors (Lipinski definition) is 4. The monoisotopic (exact) mass is 416 g/mol. The summed E-state index contributed by atoms with van der Waals surface area (Å²) >= 11 is 1.92. The quantitative estimate of drug-likeness (QED) is 0.574. The van der Waals surface area contributed by atoms with Crippen LogP contribution in [0.1, 0.15) is 58.5 Å². The van der Waals surface area contributed by atoms with Gasteiger partial charge in [0.25, 0.3) is 0 Å². The molecular formula is C26H28N2OS. The molecule has 0 amide bonds. The summed E-state index contributed by atoms with van der Waals surface area (Å²) in [5.41, 5.74) is 8.58. The molecule has 2 atom stereocenters. The first kappa shape index (κ1) is 18.6. The maximum atomic E-state index is 6.19. The minimum atomic E-state index is 0.234. The molecule has 1 fully saturated rings.